The summed E-state index contributed by atoms with van der Waals surface area (Å²) in [5, 5.41) is 0. The van der Waals surface area contributed by atoms with Crippen LogP contribution < -0.4 is 0 Å². The number of carbonyl (C=O) groups is 2. The lowest BCUT2D eigenvalue weighted by atomic mass is 10.2. The zero-order chi connectivity index (χ0) is 10.4. The van der Waals surface area contributed by atoms with E-state index in [2.05, 4.69) is 21.6 Å². The van der Waals surface area contributed by atoms with Gasteiger partial charge in [0.1, 0.15) is 12.0 Å². The summed E-state index contributed by atoms with van der Waals surface area (Å²) in [5.41, 5.74) is 0.828. The van der Waals surface area contributed by atoms with Crippen molar-refractivity contribution < 1.29 is 14.3 Å². The first kappa shape index (κ1) is 9.93. The minimum Gasteiger partial charge on any atom is -0.459 e. The highest BCUT2D eigenvalue weighted by molar-refractivity contribution is 5.89. The predicted molar refractivity (Wildman–Crippen MR) is 48.5 cm³/mol. The van der Waals surface area contributed by atoms with E-state index >= 15 is 0 Å². The van der Waals surface area contributed by atoms with E-state index in [9.17, 15) is 9.59 Å². The fraction of sp³-hybridized carbons (Fsp3) is 0.100. The molecule has 0 unspecified atom stereocenters. The van der Waals surface area contributed by atoms with E-state index in [-0.39, 0.29) is 0 Å². The van der Waals surface area contributed by atoms with E-state index in [1.54, 1.807) is 6.07 Å². The monoisotopic (exact) mass is 189 g/mol. The molecule has 0 aliphatic rings. The van der Waals surface area contributed by atoms with Crippen molar-refractivity contribution in [1.29, 1.82) is 0 Å². The summed E-state index contributed by atoms with van der Waals surface area (Å²) in [6, 6.07) is 3.04. The second-order valence-electron chi connectivity index (χ2n) is 2.33. The molecule has 1 aromatic rings. The molecule has 70 valence electrons. The van der Waals surface area contributed by atoms with Gasteiger partial charge in [-0.2, -0.15) is 0 Å². The number of rotatable bonds is 1. The Bertz CT molecular complexity index is 415. The molecule has 4 nitrogen and oxygen atoms in total. The van der Waals surface area contributed by atoms with Crippen LogP contribution in [0.15, 0.2) is 18.3 Å². The minimum atomic E-state index is -0.636. The van der Waals surface area contributed by atoms with Crippen molar-refractivity contribution in [3.8, 4) is 11.8 Å². The lowest BCUT2D eigenvalue weighted by Gasteiger charge is -1.90. The summed E-state index contributed by atoms with van der Waals surface area (Å²) in [6.07, 6.45) is 2.13. The zero-order valence-electron chi connectivity index (χ0n) is 7.48. The van der Waals surface area contributed by atoms with Gasteiger partial charge in [0.2, 0.25) is 0 Å². The van der Waals surface area contributed by atoms with E-state index in [4.69, 9.17) is 0 Å². The van der Waals surface area contributed by atoms with E-state index in [1.807, 2.05) is 0 Å². The summed E-state index contributed by atoms with van der Waals surface area (Å²) in [4.78, 5) is 24.9. The quantitative estimate of drug-likeness (QED) is 0.365. The van der Waals surface area contributed by atoms with E-state index in [0.29, 0.717) is 17.5 Å². The lowest BCUT2D eigenvalue weighted by molar-refractivity contribution is -0.133. The van der Waals surface area contributed by atoms with Crippen LogP contribution in [0.4, 0.5) is 0 Å². The number of hydrogen-bond donors (Lipinski definition) is 0. The Morgan fingerprint density at radius 1 is 1.64 bits per heavy atom. The normalized spacial score (nSPS) is 8.36. The van der Waals surface area contributed by atoms with Crippen LogP contribution in [0.25, 0.3) is 0 Å². The van der Waals surface area contributed by atoms with Gasteiger partial charge in [0.15, 0.2) is 0 Å². The number of ether oxygens (including phenoxy) is 1. The van der Waals surface area contributed by atoms with Gasteiger partial charge >= 0.3 is 5.97 Å². The van der Waals surface area contributed by atoms with Gasteiger partial charge in [-0.1, -0.05) is 0 Å². The number of methoxy groups -OCH3 is 1. The van der Waals surface area contributed by atoms with Gasteiger partial charge < -0.3 is 4.74 Å². The molecule has 0 fully saturated rings. The zero-order valence-corrected chi connectivity index (χ0v) is 7.48. The number of pyridine rings is 1. The van der Waals surface area contributed by atoms with Crippen molar-refractivity contribution in [1.82, 2.24) is 4.98 Å². The number of nitrogens with zero attached hydrogens (tertiary/aromatic N) is 1. The molecule has 0 radical (unpaired) electrons. The van der Waals surface area contributed by atoms with Crippen molar-refractivity contribution in [2.45, 2.75) is 0 Å². The predicted octanol–water partition coefficient (Wildman–Crippen LogP) is 0.419. The molecule has 0 spiro atoms. The first-order valence-electron chi connectivity index (χ1n) is 3.77. The lowest BCUT2D eigenvalue weighted by Crippen LogP contribution is -1.95. The van der Waals surface area contributed by atoms with Crippen LogP contribution in [-0.2, 0) is 9.53 Å². The Morgan fingerprint density at radius 3 is 3.07 bits per heavy atom. The van der Waals surface area contributed by atoms with Crippen LogP contribution in [0.2, 0.25) is 0 Å². The highest BCUT2D eigenvalue weighted by Gasteiger charge is 1.93. The smallest absolute Gasteiger partial charge is 0.384 e. The Kier molecular flexibility index (Phi) is 3.39. The van der Waals surface area contributed by atoms with Gasteiger partial charge in [-0.05, 0) is 18.1 Å². The highest BCUT2D eigenvalue weighted by Crippen LogP contribution is 1.96. The van der Waals surface area contributed by atoms with Crippen LogP contribution in [0, 0.1) is 11.8 Å². The molecule has 0 aliphatic carbocycles. The van der Waals surface area contributed by atoms with Crippen LogP contribution in [0.3, 0.4) is 0 Å². The standard InChI is InChI=1S/C10H7NO3/c1-14-10(13)3-2-9-6-8(7-12)4-5-11-9/h4-7H,1H3. The molecule has 0 N–H and O–H groups in total. The van der Waals surface area contributed by atoms with Gasteiger partial charge in [0.25, 0.3) is 0 Å². The molecule has 1 rings (SSSR count). The van der Waals surface area contributed by atoms with E-state index in [1.165, 1.54) is 19.4 Å². The Morgan fingerprint density at radius 2 is 2.43 bits per heavy atom. The SMILES string of the molecule is COC(=O)C#Cc1cc(C=O)ccn1. The highest BCUT2D eigenvalue weighted by atomic mass is 16.5. The summed E-state index contributed by atoms with van der Waals surface area (Å²) < 4.78 is 4.32. The summed E-state index contributed by atoms with van der Waals surface area (Å²) in [6.45, 7) is 0. The number of carbonyl (C=O) groups excluding carboxylic acids is 2. The van der Waals surface area contributed by atoms with Gasteiger partial charge in [-0.25, -0.2) is 9.78 Å². The largest absolute Gasteiger partial charge is 0.459 e. The average Bonchev–Trinajstić information content (AvgIpc) is 2.26. The molecule has 0 aliphatic heterocycles. The Labute approximate surface area is 80.9 Å². The van der Waals surface area contributed by atoms with Crippen molar-refractivity contribution in [3.05, 3.63) is 29.6 Å². The number of esters is 1. The molecule has 0 saturated heterocycles. The van der Waals surface area contributed by atoms with Crippen LogP contribution in [0.5, 0.6) is 0 Å². The van der Waals surface area contributed by atoms with Gasteiger partial charge in [0, 0.05) is 17.7 Å². The second-order valence-corrected chi connectivity index (χ2v) is 2.33. The molecule has 1 aromatic heterocycles. The third kappa shape index (κ3) is 2.72. The van der Waals surface area contributed by atoms with Crippen LogP contribution >= 0.6 is 0 Å². The average molecular weight is 189 g/mol. The molecule has 0 saturated carbocycles. The van der Waals surface area contributed by atoms with Crippen molar-refractivity contribution in [2.75, 3.05) is 7.11 Å². The maximum absolute atomic E-state index is 10.6. The first-order chi connectivity index (χ1) is 6.76. The topological polar surface area (TPSA) is 56.3 Å². The number of aldehydes is 1. The Balaban J connectivity index is 2.89. The minimum absolute atomic E-state index is 0.361. The molecule has 0 bridgehead atoms. The van der Waals surface area contributed by atoms with E-state index in [0.717, 1.165) is 0 Å². The van der Waals surface area contributed by atoms with Crippen molar-refractivity contribution in [3.63, 3.8) is 0 Å². The van der Waals surface area contributed by atoms with Crippen LogP contribution in [0.1, 0.15) is 16.1 Å². The molecule has 0 atom stereocenters. The maximum atomic E-state index is 10.6. The summed E-state index contributed by atoms with van der Waals surface area (Å²) in [5.74, 6) is 4.05. The third-order valence-electron chi connectivity index (χ3n) is 1.40. The molecule has 4 heteroatoms. The second kappa shape index (κ2) is 4.77. The summed E-state index contributed by atoms with van der Waals surface area (Å²) in [7, 11) is 1.24. The van der Waals surface area contributed by atoms with Gasteiger partial charge in [-0.3, -0.25) is 4.79 Å². The van der Waals surface area contributed by atoms with Crippen LogP contribution in [-0.4, -0.2) is 24.3 Å². The first-order valence-corrected chi connectivity index (χ1v) is 3.77. The summed E-state index contributed by atoms with van der Waals surface area (Å²) >= 11 is 0. The molecule has 0 amide bonds. The van der Waals surface area contributed by atoms with Crippen molar-refractivity contribution in [2.24, 2.45) is 0 Å². The number of hydrogen-bond acceptors (Lipinski definition) is 4. The van der Waals surface area contributed by atoms with Crippen molar-refractivity contribution >= 4 is 12.3 Å². The van der Waals surface area contributed by atoms with Gasteiger partial charge in [-0.15, -0.1) is 0 Å². The van der Waals surface area contributed by atoms with Gasteiger partial charge in [0.05, 0.1) is 7.11 Å². The maximum Gasteiger partial charge on any atom is 0.384 e. The van der Waals surface area contributed by atoms with E-state index < -0.39 is 5.97 Å². The fourth-order valence-corrected chi connectivity index (χ4v) is 0.755. The number of aromatic nitrogens is 1. The third-order valence-corrected chi connectivity index (χ3v) is 1.40. The Hall–Kier alpha value is -2.15. The molecular weight excluding hydrogens is 182 g/mol. The molecule has 1 heterocycles. The fourth-order valence-electron chi connectivity index (χ4n) is 0.755. The molecule has 0 aromatic carbocycles. The molecule has 14 heavy (non-hydrogen) atoms. The molecular formula is C10H7NO3.